The van der Waals surface area contributed by atoms with E-state index in [1.54, 1.807) is 42.5 Å². The number of nitrogen functional groups attached to an aromatic ring is 1. The van der Waals surface area contributed by atoms with Crippen LogP contribution in [0.5, 0.6) is 5.75 Å². The van der Waals surface area contributed by atoms with Crippen LogP contribution in [0.2, 0.25) is 15.1 Å². The van der Waals surface area contributed by atoms with E-state index in [4.69, 9.17) is 55.8 Å². The molecule has 176 valence electrons. The number of carbonyl (C=O) groups is 2. The molecule has 6 N–H and O–H groups in total. The van der Waals surface area contributed by atoms with Crippen LogP contribution >= 0.6 is 34.8 Å². The van der Waals surface area contributed by atoms with Gasteiger partial charge in [0.25, 0.3) is 5.91 Å². The second-order valence-corrected chi connectivity index (χ2v) is 8.33. The fraction of sp³-hybridized carbons (Fsp3) is 0.0870. The molecule has 0 unspecified atom stereocenters. The second-order valence-electron chi connectivity index (χ2n) is 7.05. The minimum absolute atomic E-state index is 0.0768. The van der Waals surface area contributed by atoms with Crippen LogP contribution in [0.3, 0.4) is 0 Å². The highest BCUT2D eigenvalue weighted by atomic mass is 35.5. The number of carboxylic acids is 1. The summed E-state index contributed by atoms with van der Waals surface area (Å²) in [5, 5.41) is 23.1. The van der Waals surface area contributed by atoms with E-state index in [1.165, 1.54) is 12.1 Å². The molecular weight excluding hydrogens is 503 g/mol. The second kappa shape index (κ2) is 11.1. The Kier molecular flexibility index (Phi) is 8.22. The number of carbonyl (C=O) groups excluding carboxylic acids is 1. The lowest BCUT2D eigenvalue weighted by Crippen LogP contribution is -2.16. The average molecular weight is 522 g/mol. The topological polar surface area (TPSA) is 138 Å². The molecule has 0 aromatic heterocycles. The maximum atomic E-state index is 13.0. The van der Waals surface area contributed by atoms with Crippen molar-refractivity contribution in [2.75, 3.05) is 17.2 Å². The van der Waals surface area contributed by atoms with Crippen LogP contribution in [-0.4, -0.2) is 29.4 Å². The van der Waals surface area contributed by atoms with Crippen molar-refractivity contribution in [3.8, 4) is 5.75 Å². The van der Waals surface area contributed by atoms with Crippen LogP contribution in [0.15, 0.2) is 54.6 Å². The van der Waals surface area contributed by atoms with Crippen molar-refractivity contribution in [3.63, 3.8) is 0 Å². The number of benzene rings is 3. The molecule has 0 aliphatic carbocycles. The minimum Gasteiger partial charge on any atom is -0.480 e. The van der Waals surface area contributed by atoms with E-state index < -0.39 is 18.5 Å². The highest BCUT2D eigenvalue weighted by Gasteiger charge is 2.16. The molecule has 0 saturated carbocycles. The molecule has 0 radical (unpaired) electrons. The van der Waals surface area contributed by atoms with Crippen molar-refractivity contribution in [1.82, 2.24) is 0 Å². The summed E-state index contributed by atoms with van der Waals surface area (Å²) in [5.41, 5.74) is 7.72. The molecule has 0 saturated heterocycles. The van der Waals surface area contributed by atoms with Gasteiger partial charge in [0.15, 0.2) is 6.61 Å². The lowest BCUT2D eigenvalue weighted by atomic mass is 10.1. The average Bonchev–Trinajstić information content (AvgIpc) is 2.77. The van der Waals surface area contributed by atoms with Gasteiger partial charge in [0.05, 0.1) is 10.6 Å². The molecule has 3 aromatic rings. The molecule has 11 heteroatoms. The van der Waals surface area contributed by atoms with Crippen molar-refractivity contribution >= 4 is 63.9 Å². The molecule has 0 bridgehead atoms. The zero-order valence-corrected chi connectivity index (χ0v) is 19.8. The number of anilines is 2. The molecule has 3 rings (SSSR count). The Labute approximate surface area is 210 Å². The number of hydrogen-bond donors (Lipinski definition) is 5. The predicted molar refractivity (Wildman–Crippen MR) is 134 cm³/mol. The predicted octanol–water partition coefficient (Wildman–Crippen LogP) is 5.26. The number of amides is 1. The number of amidine groups is 1. The Morgan fingerprint density at radius 3 is 2.35 bits per heavy atom. The van der Waals surface area contributed by atoms with Gasteiger partial charge in [-0.05, 0) is 54.6 Å². The van der Waals surface area contributed by atoms with Gasteiger partial charge in [-0.3, -0.25) is 10.2 Å². The largest absolute Gasteiger partial charge is 0.480 e. The van der Waals surface area contributed by atoms with E-state index in [9.17, 15) is 9.59 Å². The highest BCUT2D eigenvalue weighted by molar-refractivity contribution is 6.35. The summed E-state index contributed by atoms with van der Waals surface area (Å²) in [5.74, 6) is -1.48. The van der Waals surface area contributed by atoms with Gasteiger partial charge in [0, 0.05) is 39.1 Å². The van der Waals surface area contributed by atoms with Gasteiger partial charge < -0.3 is 26.2 Å². The van der Waals surface area contributed by atoms with Crippen LogP contribution in [0, 0.1) is 5.41 Å². The Balaban J connectivity index is 1.82. The number of nitrogens with one attached hydrogen (secondary N) is 3. The zero-order valence-electron chi connectivity index (χ0n) is 17.5. The standard InChI is InChI=1S/C23H19Cl3N4O4/c24-14-3-6-19(17(8-14)23(33)30-16-4-1-12(2-5-16)22(27)28)29-10-13-7-15(25)9-18(26)21(13)34-11-20(31)32/h1-9,29H,10-11H2,(H3,27,28)(H,30,33)(H,31,32). The Morgan fingerprint density at radius 2 is 1.71 bits per heavy atom. The number of ether oxygens (including phenoxy) is 1. The van der Waals surface area contributed by atoms with Crippen LogP contribution in [0.4, 0.5) is 11.4 Å². The van der Waals surface area contributed by atoms with E-state index in [2.05, 4.69) is 10.6 Å². The van der Waals surface area contributed by atoms with E-state index in [-0.39, 0.29) is 28.7 Å². The smallest absolute Gasteiger partial charge is 0.341 e. The van der Waals surface area contributed by atoms with E-state index >= 15 is 0 Å². The van der Waals surface area contributed by atoms with Crippen molar-refractivity contribution < 1.29 is 19.4 Å². The van der Waals surface area contributed by atoms with Gasteiger partial charge in [-0.1, -0.05) is 34.8 Å². The third kappa shape index (κ3) is 6.54. The number of rotatable bonds is 9. The molecule has 8 nitrogen and oxygen atoms in total. The van der Waals surface area contributed by atoms with Crippen LogP contribution in [0.25, 0.3) is 0 Å². The highest BCUT2D eigenvalue weighted by Crippen LogP contribution is 2.33. The first-order valence-electron chi connectivity index (χ1n) is 9.76. The summed E-state index contributed by atoms with van der Waals surface area (Å²) in [7, 11) is 0. The summed E-state index contributed by atoms with van der Waals surface area (Å²) in [6, 6.07) is 14.3. The molecule has 0 heterocycles. The normalized spacial score (nSPS) is 10.4. The van der Waals surface area contributed by atoms with Gasteiger partial charge in [0.1, 0.15) is 11.6 Å². The van der Waals surface area contributed by atoms with Crippen molar-refractivity contribution in [1.29, 1.82) is 5.41 Å². The Morgan fingerprint density at radius 1 is 1.00 bits per heavy atom. The van der Waals surface area contributed by atoms with Crippen molar-refractivity contribution in [3.05, 3.63) is 86.4 Å². The van der Waals surface area contributed by atoms with Gasteiger partial charge in [-0.25, -0.2) is 4.79 Å². The summed E-state index contributed by atoms with van der Waals surface area (Å²) < 4.78 is 5.32. The van der Waals surface area contributed by atoms with Crippen LogP contribution in [0.1, 0.15) is 21.5 Å². The van der Waals surface area contributed by atoms with Crippen LogP contribution in [-0.2, 0) is 11.3 Å². The molecule has 0 aliphatic heterocycles. The monoisotopic (exact) mass is 520 g/mol. The Bertz CT molecular complexity index is 1250. The lowest BCUT2D eigenvalue weighted by Gasteiger charge is -2.16. The number of carboxylic acid groups (broad SMARTS) is 1. The SMILES string of the molecule is N=C(N)c1ccc(NC(=O)c2cc(Cl)ccc2NCc2cc(Cl)cc(Cl)c2OCC(=O)O)cc1. The maximum absolute atomic E-state index is 13.0. The third-order valence-corrected chi connectivity index (χ3v) is 5.31. The van der Waals surface area contributed by atoms with Gasteiger partial charge in [-0.15, -0.1) is 0 Å². The van der Waals surface area contributed by atoms with E-state index in [1.807, 2.05) is 0 Å². The first-order valence-corrected chi connectivity index (χ1v) is 10.9. The maximum Gasteiger partial charge on any atom is 0.341 e. The molecule has 34 heavy (non-hydrogen) atoms. The molecule has 0 aliphatic rings. The zero-order chi connectivity index (χ0) is 24.8. The summed E-state index contributed by atoms with van der Waals surface area (Å²) in [4.78, 5) is 23.9. The molecule has 0 spiro atoms. The van der Waals surface area contributed by atoms with Crippen molar-refractivity contribution in [2.24, 2.45) is 5.73 Å². The van der Waals surface area contributed by atoms with Gasteiger partial charge in [-0.2, -0.15) is 0 Å². The lowest BCUT2D eigenvalue weighted by molar-refractivity contribution is -0.139. The summed E-state index contributed by atoms with van der Waals surface area (Å²) >= 11 is 18.4. The van der Waals surface area contributed by atoms with Gasteiger partial charge >= 0.3 is 5.97 Å². The van der Waals surface area contributed by atoms with Crippen LogP contribution < -0.4 is 21.1 Å². The molecule has 1 amide bonds. The molecular formula is C23H19Cl3N4O4. The quantitative estimate of drug-likeness (QED) is 0.192. The number of nitrogens with two attached hydrogens (primary N) is 1. The molecule has 0 atom stereocenters. The summed E-state index contributed by atoms with van der Waals surface area (Å²) in [6.45, 7) is -0.449. The van der Waals surface area contributed by atoms with Crippen molar-refractivity contribution in [2.45, 2.75) is 6.54 Å². The summed E-state index contributed by atoms with van der Waals surface area (Å²) in [6.07, 6.45) is 0. The van der Waals surface area contributed by atoms with E-state index in [0.717, 1.165) is 0 Å². The van der Waals surface area contributed by atoms with E-state index in [0.29, 0.717) is 32.5 Å². The number of halogens is 3. The minimum atomic E-state index is -1.15. The first-order chi connectivity index (χ1) is 16.1. The third-order valence-electron chi connectivity index (χ3n) is 4.57. The molecule has 0 fully saturated rings. The Hall–Kier alpha value is -3.46. The molecule has 3 aromatic carbocycles. The fourth-order valence-electron chi connectivity index (χ4n) is 3.02. The van der Waals surface area contributed by atoms with Gasteiger partial charge in [0.2, 0.25) is 0 Å². The number of hydrogen-bond acceptors (Lipinski definition) is 5. The fourth-order valence-corrected chi connectivity index (χ4v) is 3.78. The first kappa shape index (κ1) is 25.2. The number of aliphatic carboxylic acids is 1.